The van der Waals surface area contributed by atoms with Gasteiger partial charge in [0.2, 0.25) is 5.75 Å². The molecule has 0 saturated carbocycles. The van der Waals surface area contributed by atoms with E-state index in [9.17, 15) is 10.2 Å². The number of aliphatic hydroxyl groups is 1. The fraction of sp³-hybridized carbons (Fsp3) is 0.351. The Balaban J connectivity index is 1.45. The van der Waals surface area contributed by atoms with Crippen LogP contribution in [0.25, 0.3) is 0 Å². The van der Waals surface area contributed by atoms with Crippen molar-refractivity contribution in [3.63, 3.8) is 0 Å². The lowest BCUT2D eigenvalue weighted by molar-refractivity contribution is 0.220. The Morgan fingerprint density at radius 3 is 2.18 bits per heavy atom. The third-order valence-corrected chi connectivity index (χ3v) is 9.73. The smallest absolute Gasteiger partial charge is 0.201 e. The van der Waals surface area contributed by atoms with E-state index < -0.39 is 0 Å². The number of benzene rings is 4. The van der Waals surface area contributed by atoms with Crippen molar-refractivity contribution in [1.82, 2.24) is 9.80 Å². The van der Waals surface area contributed by atoms with Gasteiger partial charge in [0.25, 0.3) is 0 Å². The van der Waals surface area contributed by atoms with E-state index in [1.807, 2.05) is 30.3 Å². The summed E-state index contributed by atoms with van der Waals surface area (Å²) in [6.07, 6.45) is 3.11. The quantitative estimate of drug-likeness (QED) is 0.279. The molecular formula is C37H40N2O6. The second-order valence-electron chi connectivity index (χ2n) is 12.4. The number of hydrogen-bond acceptors (Lipinski definition) is 8. The molecule has 234 valence electrons. The summed E-state index contributed by atoms with van der Waals surface area (Å²) in [5, 5.41) is 22.1. The van der Waals surface area contributed by atoms with Gasteiger partial charge in [0.05, 0.1) is 20.8 Å². The van der Waals surface area contributed by atoms with Crippen molar-refractivity contribution >= 4 is 0 Å². The molecule has 0 aromatic heterocycles. The molecule has 8 nitrogen and oxygen atoms in total. The molecule has 4 aromatic rings. The Morgan fingerprint density at radius 2 is 1.44 bits per heavy atom. The Kier molecular flexibility index (Phi) is 7.81. The van der Waals surface area contributed by atoms with Gasteiger partial charge in [0, 0.05) is 36.3 Å². The number of rotatable bonds is 3. The maximum Gasteiger partial charge on any atom is 0.201 e. The second kappa shape index (κ2) is 11.9. The lowest BCUT2D eigenvalue weighted by atomic mass is 9.86. The first-order valence-corrected chi connectivity index (χ1v) is 15.6. The molecule has 2 atom stereocenters. The van der Waals surface area contributed by atoms with Crippen LogP contribution in [-0.2, 0) is 32.3 Å². The van der Waals surface area contributed by atoms with Crippen LogP contribution in [0.1, 0.15) is 51.0 Å². The highest BCUT2D eigenvalue weighted by molar-refractivity contribution is 5.62. The van der Waals surface area contributed by atoms with Crippen molar-refractivity contribution in [3.8, 4) is 40.2 Å². The molecule has 4 aromatic carbocycles. The van der Waals surface area contributed by atoms with Crippen molar-refractivity contribution in [3.05, 3.63) is 99.6 Å². The second-order valence-corrected chi connectivity index (χ2v) is 12.4. The molecule has 2 N–H and O–H groups in total. The van der Waals surface area contributed by atoms with Gasteiger partial charge >= 0.3 is 0 Å². The van der Waals surface area contributed by atoms with Crippen LogP contribution in [0.15, 0.2) is 60.7 Å². The number of phenolic OH excluding ortho intramolecular Hbond substituents is 1. The predicted octanol–water partition coefficient (Wildman–Crippen LogP) is 6.34. The molecule has 4 aliphatic heterocycles. The molecule has 0 unspecified atom stereocenters. The summed E-state index contributed by atoms with van der Waals surface area (Å²) in [7, 11) is 7.47. The number of methoxy groups -OCH3 is 2. The number of nitrogens with zero attached hydrogens (tertiary/aromatic N) is 2. The molecular weight excluding hydrogens is 568 g/mol. The van der Waals surface area contributed by atoms with E-state index in [-0.39, 0.29) is 24.4 Å². The molecule has 8 heteroatoms. The van der Waals surface area contributed by atoms with Gasteiger partial charge in [-0.05, 0) is 110 Å². The molecule has 0 aliphatic carbocycles. The first-order chi connectivity index (χ1) is 21.9. The monoisotopic (exact) mass is 608 g/mol. The molecule has 0 radical (unpaired) electrons. The van der Waals surface area contributed by atoms with Crippen molar-refractivity contribution in [2.24, 2.45) is 0 Å². The highest BCUT2D eigenvalue weighted by Gasteiger charge is 2.34. The van der Waals surface area contributed by atoms with Crippen LogP contribution in [0.5, 0.6) is 40.2 Å². The van der Waals surface area contributed by atoms with Gasteiger partial charge in [-0.25, -0.2) is 0 Å². The number of fused-ring (bicyclic) bond motifs is 2. The van der Waals surface area contributed by atoms with E-state index in [4.69, 9.17) is 18.9 Å². The minimum absolute atomic E-state index is 0.0421. The van der Waals surface area contributed by atoms with E-state index in [1.54, 1.807) is 14.2 Å². The summed E-state index contributed by atoms with van der Waals surface area (Å²) >= 11 is 0. The number of phenols is 1. The molecule has 0 saturated heterocycles. The Hall–Kier alpha value is -4.24. The number of aromatic hydroxyl groups is 1. The van der Waals surface area contributed by atoms with Crippen molar-refractivity contribution in [2.75, 3.05) is 41.4 Å². The van der Waals surface area contributed by atoms with Crippen LogP contribution in [0.4, 0.5) is 0 Å². The zero-order chi connectivity index (χ0) is 31.2. The van der Waals surface area contributed by atoms with Crippen LogP contribution in [0.2, 0.25) is 0 Å². The summed E-state index contributed by atoms with van der Waals surface area (Å²) < 4.78 is 24.5. The summed E-state index contributed by atoms with van der Waals surface area (Å²) in [4.78, 5) is 4.67. The van der Waals surface area contributed by atoms with Crippen LogP contribution >= 0.6 is 0 Å². The first kappa shape index (κ1) is 29.5. The van der Waals surface area contributed by atoms with Gasteiger partial charge in [-0.2, -0.15) is 0 Å². The van der Waals surface area contributed by atoms with E-state index in [0.29, 0.717) is 40.7 Å². The number of hydrogen-bond donors (Lipinski definition) is 2. The van der Waals surface area contributed by atoms with Crippen LogP contribution in [0, 0.1) is 0 Å². The SMILES string of the molecule is COc1ccc2cc1Oc1ccc(cc1)C[C@H]1c3cc(c(CO)cc3CCN1C)Oc1c(O)c(OC)cc3c1[C@H](C2)N(C)CC3. The highest BCUT2D eigenvalue weighted by Crippen LogP contribution is 2.50. The Bertz CT molecular complexity index is 1740. The maximum absolute atomic E-state index is 11.6. The number of ether oxygens (including phenoxy) is 4. The maximum atomic E-state index is 11.6. The summed E-state index contributed by atoms with van der Waals surface area (Å²) in [6, 6.07) is 20.4. The standard InChI is InChI=1S/C37H40N2O6/c1-38-13-11-24-18-26(21-40)32-20-28(24)29(38)15-22-5-8-27(9-6-22)44-33-17-23(7-10-31(33)42-3)16-30-35-25(12-14-39(30)2)19-34(43-4)36(41)37(35)45-32/h5-10,17-20,29-30,40-41H,11-16,21H2,1-4H3/t29-,30-/m0/s1. The largest absolute Gasteiger partial charge is 0.502 e. The van der Waals surface area contributed by atoms with Gasteiger partial charge in [-0.3, -0.25) is 9.80 Å². The number of aliphatic hydroxyl groups excluding tert-OH is 1. The molecule has 8 rings (SSSR count). The molecule has 0 fully saturated rings. The topological polar surface area (TPSA) is 83.9 Å². The summed E-state index contributed by atoms with van der Waals surface area (Å²) in [5.41, 5.74) is 7.32. The van der Waals surface area contributed by atoms with E-state index in [0.717, 1.165) is 54.8 Å². The van der Waals surface area contributed by atoms with Crippen LogP contribution in [0.3, 0.4) is 0 Å². The lowest BCUT2D eigenvalue weighted by Gasteiger charge is -2.37. The normalized spacial score (nSPS) is 19.5. The van der Waals surface area contributed by atoms with Crippen molar-refractivity contribution in [2.45, 2.75) is 44.4 Å². The van der Waals surface area contributed by atoms with Crippen molar-refractivity contribution < 1.29 is 29.2 Å². The zero-order valence-electron chi connectivity index (χ0n) is 26.3. The molecule has 4 heterocycles. The van der Waals surface area contributed by atoms with Gasteiger partial charge in [0.15, 0.2) is 23.0 Å². The van der Waals surface area contributed by atoms with E-state index in [1.165, 1.54) is 16.7 Å². The van der Waals surface area contributed by atoms with Gasteiger partial charge in [-0.1, -0.05) is 18.2 Å². The van der Waals surface area contributed by atoms with E-state index >= 15 is 0 Å². The highest BCUT2D eigenvalue weighted by atomic mass is 16.5. The van der Waals surface area contributed by atoms with Gasteiger partial charge in [0.1, 0.15) is 11.5 Å². The van der Waals surface area contributed by atoms with Crippen LogP contribution < -0.4 is 18.9 Å². The first-order valence-electron chi connectivity index (χ1n) is 15.6. The van der Waals surface area contributed by atoms with Crippen LogP contribution in [-0.4, -0.2) is 61.4 Å². The minimum Gasteiger partial charge on any atom is -0.502 e. The fourth-order valence-electron chi connectivity index (χ4n) is 7.15. The molecule has 4 aliphatic rings. The average molecular weight is 609 g/mol. The lowest BCUT2D eigenvalue weighted by Crippen LogP contribution is -2.34. The van der Waals surface area contributed by atoms with Crippen molar-refractivity contribution in [1.29, 1.82) is 0 Å². The summed E-state index contributed by atoms with van der Waals surface area (Å²) in [5.74, 6) is 3.31. The minimum atomic E-state index is -0.171. The predicted molar refractivity (Wildman–Crippen MR) is 172 cm³/mol. The average Bonchev–Trinajstić information content (AvgIpc) is 3.05. The third-order valence-electron chi connectivity index (χ3n) is 9.73. The Labute approximate surface area is 264 Å². The molecule has 6 bridgehead atoms. The van der Waals surface area contributed by atoms with Gasteiger partial charge in [-0.15, -0.1) is 0 Å². The zero-order valence-corrected chi connectivity index (χ0v) is 26.3. The Morgan fingerprint density at radius 1 is 0.756 bits per heavy atom. The third kappa shape index (κ3) is 5.37. The molecule has 0 spiro atoms. The molecule has 45 heavy (non-hydrogen) atoms. The summed E-state index contributed by atoms with van der Waals surface area (Å²) in [6.45, 7) is 1.58. The van der Waals surface area contributed by atoms with Gasteiger partial charge < -0.3 is 29.2 Å². The fourth-order valence-corrected chi connectivity index (χ4v) is 7.15. The molecule has 0 amide bonds. The van der Waals surface area contributed by atoms with E-state index in [2.05, 4.69) is 54.2 Å². The number of likely N-dealkylation sites (N-methyl/N-ethyl adjacent to an activating group) is 2.